The van der Waals surface area contributed by atoms with Crippen LogP contribution in [0.2, 0.25) is 0 Å². The lowest BCUT2D eigenvalue weighted by Gasteiger charge is -2.10. The number of rotatable bonds is 6. The van der Waals surface area contributed by atoms with Gasteiger partial charge in [0.2, 0.25) is 0 Å². The van der Waals surface area contributed by atoms with Crippen LogP contribution in [0.4, 0.5) is 19.0 Å². The number of ether oxygens (including phenoxy) is 1. The van der Waals surface area contributed by atoms with E-state index < -0.39 is 18.7 Å². The van der Waals surface area contributed by atoms with E-state index in [4.69, 9.17) is 0 Å². The summed E-state index contributed by atoms with van der Waals surface area (Å²) in [6.07, 6.45) is -2.84. The van der Waals surface area contributed by atoms with Gasteiger partial charge in [0.15, 0.2) is 0 Å². The van der Waals surface area contributed by atoms with E-state index in [0.717, 1.165) is 0 Å². The van der Waals surface area contributed by atoms with Gasteiger partial charge < -0.3 is 15.4 Å². The number of carbonyl (C=O) groups excluding carboxylic acids is 1. The molecule has 1 rings (SSSR count). The summed E-state index contributed by atoms with van der Waals surface area (Å²) in [5, 5.41) is 5.21. The third kappa shape index (κ3) is 5.74. The summed E-state index contributed by atoms with van der Waals surface area (Å²) in [6, 6.07) is 1.56. The van der Waals surface area contributed by atoms with E-state index in [1.807, 2.05) is 0 Å². The zero-order valence-corrected chi connectivity index (χ0v) is 12.1. The van der Waals surface area contributed by atoms with Crippen LogP contribution in [0, 0.1) is 0 Å². The highest BCUT2D eigenvalue weighted by Crippen LogP contribution is 2.17. The predicted molar refractivity (Wildman–Crippen MR) is 70.7 cm³/mol. The van der Waals surface area contributed by atoms with E-state index in [9.17, 15) is 18.0 Å². The number of pyridine rings is 1. The number of nitrogens with one attached hydrogen (secondary N) is 2. The van der Waals surface area contributed by atoms with Gasteiger partial charge in [-0.25, -0.2) is 4.98 Å². The summed E-state index contributed by atoms with van der Waals surface area (Å²) in [7, 11) is 1.61. The average molecular weight is 356 g/mol. The first-order valence-electron chi connectivity index (χ1n) is 5.59. The lowest BCUT2D eigenvalue weighted by atomic mass is 10.2. The molecule has 1 aromatic heterocycles. The second-order valence-electron chi connectivity index (χ2n) is 3.72. The van der Waals surface area contributed by atoms with E-state index in [-0.39, 0.29) is 18.7 Å². The maximum atomic E-state index is 11.8. The van der Waals surface area contributed by atoms with Crippen molar-refractivity contribution in [2.24, 2.45) is 0 Å². The molecule has 0 bridgehead atoms. The molecule has 2 N–H and O–H groups in total. The largest absolute Gasteiger partial charge is 0.411 e. The number of nitrogens with zero attached hydrogens (tertiary/aromatic N) is 1. The van der Waals surface area contributed by atoms with Crippen LogP contribution >= 0.6 is 15.9 Å². The molecule has 0 unspecified atom stereocenters. The normalized spacial score (nSPS) is 11.2. The van der Waals surface area contributed by atoms with Gasteiger partial charge in [0, 0.05) is 24.3 Å². The molecule has 9 heteroatoms. The summed E-state index contributed by atoms with van der Waals surface area (Å²) >= 11 is 3.19. The molecule has 0 aliphatic heterocycles. The summed E-state index contributed by atoms with van der Waals surface area (Å²) < 4.78 is 40.5. The zero-order valence-electron chi connectivity index (χ0n) is 10.6. The van der Waals surface area contributed by atoms with Crippen molar-refractivity contribution in [1.29, 1.82) is 0 Å². The molecule has 0 radical (unpaired) electrons. The summed E-state index contributed by atoms with van der Waals surface area (Å²) in [5.41, 5.74) is 0.290. The number of hydrogen-bond acceptors (Lipinski definition) is 4. The number of anilines is 1. The molecule has 1 aromatic rings. The standard InChI is InChI=1S/C11H13BrF3N3O2/c1-16-9-8(4-7(12)5-18-9)10(19)17-2-3-20-6-11(13,14)15/h4-5H,2-3,6H2,1H3,(H,16,18)(H,17,19). The summed E-state index contributed by atoms with van der Waals surface area (Å²) in [4.78, 5) is 15.8. The van der Waals surface area contributed by atoms with E-state index in [1.54, 1.807) is 13.1 Å². The predicted octanol–water partition coefficient (Wildman–Crippen LogP) is 2.19. The quantitative estimate of drug-likeness (QED) is 0.768. The van der Waals surface area contributed by atoms with Crippen LogP contribution in [0.15, 0.2) is 16.7 Å². The molecule has 1 amide bonds. The number of carbonyl (C=O) groups is 1. The second kappa shape index (κ2) is 7.44. The minimum atomic E-state index is -4.36. The van der Waals surface area contributed by atoms with Crippen molar-refractivity contribution in [3.05, 3.63) is 22.3 Å². The number of halogens is 4. The van der Waals surface area contributed by atoms with Gasteiger partial charge in [-0.3, -0.25) is 4.79 Å². The van der Waals surface area contributed by atoms with Gasteiger partial charge in [0.05, 0.1) is 12.2 Å². The lowest BCUT2D eigenvalue weighted by molar-refractivity contribution is -0.173. The molecule has 0 aromatic carbocycles. The summed E-state index contributed by atoms with van der Waals surface area (Å²) in [5.74, 6) is -0.0688. The topological polar surface area (TPSA) is 63.2 Å². The molecule has 0 fully saturated rings. The molecule has 0 aliphatic carbocycles. The number of hydrogen-bond donors (Lipinski definition) is 2. The molecule has 0 saturated heterocycles. The van der Waals surface area contributed by atoms with Gasteiger partial charge in [0.1, 0.15) is 12.4 Å². The minimum absolute atomic E-state index is 0.0232. The molecular formula is C11H13BrF3N3O2. The van der Waals surface area contributed by atoms with Gasteiger partial charge in [-0.05, 0) is 22.0 Å². The van der Waals surface area contributed by atoms with Crippen LogP contribution in [0.3, 0.4) is 0 Å². The summed E-state index contributed by atoms with van der Waals surface area (Å²) in [6.45, 7) is -1.57. The number of aromatic nitrogens is 1. The molecule has 5 nitrogen and oxygen atoms in total. The van der Waals surface area contributed by atoms with Crippen LogP contribution in [0.25, 0.3) is 0 Å². The highest BCUT2D eigenvalue weighted by Gasteiger charge is 2.27. The number of alkyl halides is 3. The van der Waals surface area contributed by atoms with Crippen LogP contribution in [0.5, 0.6) is 0 Å². The van der Waals surface area contributed by atoms with Crippen molar-refractivity contribution in [3.63, 3.8) is 0 Å². The highest BCUT2D eigenvalue weighted by atomic mass is 79.9. The van der Waals surface area contributed by atoms with Crippen LogP contribution in [-0.4, -0.2) is 43.9 Å². The van der Waals surface area contributed by atoms with Gasteiger partial charge in [-0.15, -0.1) is 0 Å². The van der Waals surface area contributed by atoms with Crippen LogP contribution in [0.1, 0.15) is 10.4 Å². The van der Waals surface area contributed by atoms with Crippen molar-refractivity contribution in [3.8, 4) is 0 Å². The highest BCUT2D eigenvalue weighted by molar-refractivity contribution is 9.10. The third-order valence-electron chi connectivity index (χ3n) is 2.13. The second-order valence-corrected chi connectivity index (χ2v) is 4.64. The Morgan fingerprint density at radius 3 is 2.80 bits per heavy atom. The van der Waals surface area contributed by atoms with Crippen molar-refractivity contribution in [1.82, 2.24) is 10.3 Å². The first-order chi connectivity index (χ1) is 9.33. The van der Waals surface area contributed by atoms with Gasteiger partial charge in [0.25, 0.3) is 5.91 Å². The Morgan fingerprint density at radius 2 is 2.20 bits per heavy atom. The Bertz CT molecular complexity index is 469. The molecule has 0 saturated carbocycles. The van der Waals surface area contributed by atoms with Crippen molar-refractivity contribution < 1.29 is 22.7 Å². The monoisotopic (exact) mass is 355 g/mol. The first kappa shape index (κ1) is 16.7. The van der Waals surface area contributed by atoms with E-state index in [1.165, 1.54) is 6.20 Å². The molecule has 0 aliphatic rings. The van der Waals surface area contributed by atoms with Crippen molar-refractivity contribution >= 4 is 27.7 Å². The Balaban J connectivity index is 2.45. The Kier molecular flexibility index (Phi) is 6.21. The molecule has 0 spiro atoms. The fraction of sp³-hybridized carbons (Fsp3) is 0.455. The minimum Gasteiger partial charge on any atom is -0.372 e. The molecule has 0 atom stereocenters. The van der Waals surface area contributed by atoms with E-state index >= 15 is 0 Å². The van der Waals surface area contributed by atoms with E-state index in [0.29, 0.717) is 10.3 Å². The maximum absolute atomic E-state index is 11.8. The van der Waals surface area contributed by atoms with Crippen LogP contribution < -0.4 is 10.6 Å². The van der Waals surface area contributed by atoms with Crippen molar-refractivity contribution in [2.45, 2.75) is 6.18 Å². The molecule has 20 heavy (non-hydrogen) atoms. The zero-order chi connectivity index (χ0) is 15.2. The van der Waals surface area contributed by atoms with E-state index in [2.05, 4.69) is 36.3 Å². The average Bonchev–Trinajstić information content (AvgIpc) is 2.36. The molecule has 1 heterocycles. The fourth-order valence-electron chi connectivity index (χ4n) is 1.33. The van der Waals surface area contributed by atoms with Crippen molar-refractivity contribution in [2.75, 3.05) is 32.1 Å². The Hall–Kier alpha value is -1.35. The first-order valence-corrected chi connectivity index (χ1v) is 6.39. The van der Waals surface area contributed by atoms with Gasteiger partial charge in [-0.2, -0.15) is 13.2 Å². The maximum Gasteiger partial charge on any atom is 0.411 e. The smallest absolute Gasteiger partial charge is 0.372 e. The SMILES string of the molecule is CNc1ncc(Br)cc1C(=O)NCCOCC(F)(F)F. The number of amides is 1. The molecular weight excluding hydrogens is 343 g/mol. The fourth-order valence-corrected chi connectivity index (χ4v) is 1.66. The third-order valence-corrected chi connectivity index (χ3v) is 2.57. The van der Waals surface area contributed by atoms with Crippen LogP contribution in [-0.2, 0) is 4.74 Å². The lowest BCUT2D eigenvalue weighted by Crippen LogP contribution is -2.29. The molecule has 112 valence electrons. The van der Waals surface area contributed by atoms with Gasteiger partial charge in [-0.1, -0.05) is 0 Å². The Labute approximate surface area is 122 Å². The van der Waals surface area contributed by atoms with Gasteiger partial charge >= 0.3 is 6.18 Å². The Morgan fingerprint density at radius 1 is 1.50 bits per heavy atom.